The van der Waals surface area contributed by atoms with Crippen molar-refractivity contribution in [2.24, 2.45) is 0 Å². The Balaban J connectivity index is 1.59. The van der Waals surface area contributed by atoms with E-state index in [0.29, 0.717) is 34.9 Å². The Bertz CT molecular complexity index is 853. The monoisotopic (exact) mass is 336 g/mol. The van der Waals surface area contributed by atoms with Crippen molar-refractivity contribution in [1.29, 1.82) is 0 Å². The summed E-state index contributed by atoms with van der Waals surface area (Å²) in [6.07, 6.45) is 1.45. The quantitative estimate of drug-likeness (QED) is 0.696. The Labute approximate surface area is 144 Å². The molecule has 6 nitrogen and oxygen atoms in total. The molecule has 1 amide bonds. The first-order valence-corrected chi connectivity index (χ1v) is 7.68. The van der Waals surface area contributed by atoms with Gasteiger partial charge in [-0.05, 0) is 55.5 Å². The van der Waals surface area contributed by atoms with Gasteiger partial charge in [-0.2, -0.15) is 0 Å². The van der Waals surface area contributed by atoms with Gasteiger partial charge in [-0.25, -0.2) is 0 Å². The molecule has 0 aliphatic rings. The number of nitrogens with zero attached hydrogens (tertiary/aromatic N) is 1. The molecule has 3 rings (SSSR count). The molecule has 0 aliphatic carbocycles. The van der Waals surface area contributed by atoms with Crippen molar-refractivity contribution in [2.45, 2.75) is 13.5 Å². The Kier molecular flexibility index (Phi) is 4.89. The number of Topliss-reactive ketones (excluding diaryl/α,β-unsaturated/α-hetero) is 1. The molecule has 126 valence electrons. The van der Waals surface area contributed by atoms with E-state index in [2.05, 4.69) is 10.5 Å². The summed E-state index contributed by atoms with van der Waals surface area (Å²) in [5.41, 5.74) is 1.80. The van der Waals surface area contributed by atoms with Gasteiger partial charge in [-0.3, -0.25) is 9.59 Å². The second-order valence-corrected chi connectivity index (χ2v) is 5.38. The molecular weight excluding hydrogens is 320 g/mol. The molecule has 2 aromatic carbocycles. The van der Waals surface area contributed by atoms with Crippen molar-refractivity contribution in [1.82, 2.24) is 10.5 Å². The summed E-state index contributed by atoms with van der Waals surface area (Å²) < 4.78 is 10.4. The third-order valence-corrected chi connectivity index (χ3v) is 3.53. The number of nitrogens with one attached hydrogen (secondary N) is 1. The second-order valence-electron chi connectivity index (χ2n) is 5.38. The predicted molar refractivity (Wildman–Crippen MR) is 90.6 cm³/mol. The average molecular weight is 336 g/mol. The molecule has 0 saturated carbocycles. The summed E-state index contributed by atoms with van der Waals surface area (Å²) in [6.45, 7) is 1.82. The number of benzene rings is 2. The summed E-state index contributed by atoms with van der Waals surface area (Å²) in [6, 6.07) is 15.4. The highest BCUT2D eigenvalue weighted by Gasteiger charge is 2.07. The molecule has 25 heavy (non-hydrogen) atoms. The van der Waals surface area contributed by atoms with Gasteiger partial charge >= 0.3 is 0 Å². The van der Waals surface area contributed by atoms with Crippen LogP contribution in [0.1, 0.15) is 33.3 Å². The number of carbonyl (C=O) groups is 2. The molecule has 0 aliphatic heterocycles. The number of hydrogen-bond acceptors (Lipinski definition) is 5. The van der Waals surface area contributed by atoms with Crippen molar-refractivity contribution in [2.75, 3.05) is 0 Å². The number of aromatic nitrogens is 1. The first-order chi connectivity index (χ1) is 12.1. The Hall–Kier alpha value is -3.41. The highest BCUT2D eigenvalue weighted by molar-refractivity contribution is 5.94. The van der Waals surface area contributed by atoms with Crippen LogP contribution in [0, 0.1) is 0 Å². The largest absolute Gasteiger partial charge is 0.457 e. The van der Waals surface area contributed by atoms with Gasteiger partial charge in [0.05, 0.1) is 6.54 Å². The summed E-state index contributed by atoms with van der Waals surface area (Å²) >= 11 is 0. The van der Waals surface area contributed by atoms with Gasteiger partial charge in [0, 0.05) is 17.2 Å². The third kappa shape index (κ3) is 4.32. The highest BCUT2D eigenvalue weighted by atomic mass is 16.5. The summed E-state index contributed by atoms with van der Waals surface area (Å²) in [5, 5.41) is 6.48. The fourth-order valence-corrected chi connectivity index (χ4v) is 2.17. The standard InChI is InChI=1S/C19H16N2O4/c1-13(22)14-2-6-17(7-3-14)25-18-8-4-15(5-9-18)19(23)20-12-16-10-11-24-21-16/h2-11H,12H2,1H3,(H,20,23). The molecule has 1 N–H and O–H groups in total. The van der Waals surface area contributed by atoms with E-state index in [4.69, 9.17) is 9.26 Å². The maximum absolute atomic E-state index is 12.1. The lowest BCUT2D eigenvalue weighted by Crippen LogP contribution is -2.22. The van der Waals surface area contributed by atoms with Gasteiger partial charge in [0.15, 0.2) is 5.78 Å². The van der Waals surface area contributed by atoms with E-state index in [1.807, 2.05) is 0 Å². The lowest BCUT2D eigenvalue weighted by Gasteiger charge is -2.07. The maximum Gasteiger partial charge on any atom is 0.251 e. The Morgan fingerprint density at radius 1 is 0.960 bits per heavy atom. The number of rotatable bonds is 6. The molecule has 0 fully saturated rings. The van der Waals surface area contributed by atoms with E-state index in [9.17, 15) is 9.59 Å². The van der Waals surface area contributed by atoms with E-state index < -0.39 is 0 Å². The van der Waals surface area contributed by atoms with Crippen LogP contribution in [0.15, 0.2) is 65.4 Å². The third-order valence-electron chi connectivity index (χ3n) is 3.53. The first-order valence-electron chi connectivity index (χ1n) is 7.68. The minimum Gasteiger partial charge on any atom is -0.457 e. The van der Waals surface area contributed by atoms with E-state index in [-0.39, 0.29) is 11.7 Å². The number of ketones is 1. The molecule has 0 spiro atoms. The highest BCUT2D eigenvalue weighted by Crippen LogP contribution is 2.22. The van der Waals surface area contributed by atoms with E-state index in [1.165, 1.54) is 13.2 Å². The SMILES string of the molecule is CC(=O)c1ccc(Oc2ccc(C(=O)NCc3ccon3)cc2)cc1. The number of carbonyl (C=O) groups excluding carboxylic acids is 2. The molecule has 0 bridgehead atoms. The summed E-state index contributed by atoms with van der Waals surface area (Å²) in [5.74, 6) is 1.02. The minimum atomic E-state index is -0.208. The van der Waals surface area contributed by atoms with Gasteiger partial charge in [0.2, 0.25) is 0 Å². The molecule has 0 atom stereocenters. The fourth-order valence-electron chi connectivity index (χ4n) is 2.17. The van der Waals surface area contributed by atoms with Crippen LogP contribution < -0.4 is 10.1 Å². The van der Waals surface area contributed by atoms with Crippen LogP contribution in [0.4, 0.5) is 0 Å². The van der Waals surface area contributed by atoms with Crippen LogP contribution in [-0.2, 0) is 6.54 Å². The van der Waals surface area contributed by atoms with Crippen molar-refractivity contribution >= 4 is 11.7 Å². The molecule has 0 saturated heterocycles. The van der Waals surface area contributed by atoms with E-state index >= 15 is 0 Å². The lowest BCUT2D eigenvalue weighted by atomic mass is 10.1. The average Bonchev–Trinajstić information content (AvgIpc) is 3.14. The zero-order chi connectivity index (χ0) is 17.6. The molecule has 1 heterocycles. The van der Waals surface area contributed by atoms with Crippen molar-refractivity contribution < 1.29 is 18.8 Å². The molecule has 0 radical (unpaired) electrons. The second kappa shape index (κ2) is 7.44. The maximum atomic E-state index is 12.1. The number of amides is 1. The molecule has 3 aromatic rings. The van der Waals surface area contributed by atoms with Crippen LogP contribution in [-0.4, -0.2) is 16.8 Å². The lowest BCUT2D eigenvalue weighted by molar-refractivity contribution is 0.0949. The summed E-state index contributed by atoms with van der Waals surface area (Å²) in [4.78, 5) is 23.3. The van der Waals surface area contributed by atoms with Crippen LogP contribution in [0.3, 0.4) is 0 Å². The minimum absolute atomic E-state index is 0.00698. The van der Waals surface area contributed by atoms with Gasteiger partial charge in [0.1, 0.15) is 23.5 Å². The Morgan fingerprint density at radius 2 is 1.56 bits per heavy atom. The topological polar surface area (TPSA) is 81.4 Å². The molecule has 0 unspecified atom stereocenters. The smallest absolute Gasteiger partial charge is 0.251 e. The first kappa shape index (κ1) is 16.4. The van der Waals surface area contributed by atoms with Crippen LogP contribution in [0.2, 0.25) is 0 Å². The van der Waals surface area contributed by atoms with Gasteiger partial charge in [-0.1, -0.05) is 5.16 Å². The Morgan fingerprint density at radius 3 is 2.08 bits per heavy atom. The zero-order valence-electron chi connectivity index (χ0n) is 13.6. The fraction of sp³-hybridized carbons (Fsp3) is 0.105. The normalized spacial score (nSPS) is 10.3. The van der Waals surface area contributed by atoms with E-state index in [1.54, 1.807) is 54.6 Å². The molecule has 6 heteroatoms. The van der Waals surface area contributed by atoms with Crippen LogP contribution in [0.25, 0.3) is 0 Å². The van der Waals surface area contributed by atoms with Crippen molar-refractivity contribution in [3.05, 3.63) is 77.7 Å². The van der Waals surface area contributed by atoms with Gasteiger partial charge < -0.3 is 14.6 Å². The number of hydrogen-bond donors (Lipinski definition) is 1. The van der Waals surface area contributed by atoms with Crippen LogP contribution in [0.5, 0.6) is 11.5 Å². The van der Waals surface area contributed by atoms with Gasteiger partial charge in [0.25, 0.3) is 5.91 Å². The van der Waals surface area contributed by atoms with Gasteiger partial charge in [-0.15, -0.1) is 0 Å². The predicted octanol–water partition coefficient (Wildman–Crippen LogP) is 3.60. The van der Waals surface area contributed by atoms with Crippen molar-refractivity contribution in [3.63, 3.8) is 0 Å². The molecular formula is C19H16N2O4. The van der Waals surface area contributed by atoms with E-state index in [0.717, 1.165) is 0 Å². The molecule has 1 aromatic heterocycles. The number of ether oxygens (including phenoxy) is 1. The van der Waals surface area contributed by atoms with Crippen LogP contribution >= 0.6 is 0 Å². The van der Waals surface area contributed by atoms with Crippen molar-refractivity contribution in [3.8, 4) is 11.5 Å². The summed E-state index contributed by atoms with van der Waals surface area (Å²) in [7, 11) is 0. The zero-order valence-corrected chi connectivity index (χ0v) is 13.6.